The maximum atomic E-state index is 6.22. The van der Waals surface area contributed by atoms with E-state index < -0.39 is 0 Å². The van der Waals surface area contributed by atoms with Crippen molar-refractivity contribution in [2.24, 2.45) is 0 Å². The Morgan fingerprint density at radius 3 is 2.63 bits per heavy atom. The third kappa shape index (κ3) is 3.86. The number of anilines is 2. The highest BCUT2D eigenvalue weighted by atomic mass is 35.5. The lowest BCUT2D eigenvalue weighted by atomic mass is 10.2. The highest BCUT2D eigenvalue weighted by Crippen LogP contribution is 2.35. The van der Waals surface area contributed by atoms with Crippen LogP contribution in [0.2, 0.25) is 5.02 Å². The number of fused-ring (bicyclic) bond motifs is 1. The van der Waals surface area contributed by atoms with Crippen LogP contribution in [0.1, 0.15) is 12.6 Å². The zero-order valence-corrected chi connectivity index (χ0v) is 15.6. The second-order valence-electron chi connectivity index (χ2n) is 6.07. The van der Waals surface area contributed by atoms with Crippen molar-refractivity contribution in [3.8, 4) is 11.5 Å². The fourth-order valence-corrected chi connectivity index (χ4v) is 3.00. The van der Waals surface area contributed by atoms with Crippen molar-refractivity contribution < 1.29 is 4.74 Å². The Hall–Kier alpha value is -3.11. The number of nitrogens with zero attached hydrogens (tertiary/aromatic N) is 2. The fraction of sp³-hybridized carbons (Fsp3) is 0.0909. The number of halogens is 1. The molecule has 0 aliphatic carbocycles. The fourth-order valence-electron chi connectivity index (χ4n) is 2.82. The summed E-state index contributed by atoms with van der Waals surface area (Å²) in [7, 11) is 0. The van der Waals surface area contributed by atoms with E-state index in [9.17, 15) is 0 Å². The number of aryl methyl sites for hydroxylation is 1. The van der Waals surface area contributed by atoms with Crippen LogP contribution in [0.3, 0.4) is 0 Å². The average molecular weight is 376 g/mol. The molecule has 0 fully saturated rings. The van der Waals surface area contributed by atoms with Gasteiger partial charge < -0.3 is 10.1 Å². The monoisotopic (exact) mass is 375 g/mol. The molecule has 0 atom stereocenters. The molecule has 0 spiro atoms. The van der Waals surface area contributed by atoms with E-state index in [2.05, 4.69) is 22.2 Å². The Morgan fingerprint density at radius 1 is 0.963 bits per heavy atom. The Labute approximate surface area is 162 Å². The number of hydrogen-bond donors (Lipinski definition) is 1. The lowest BCUT2D eigenvalue weighted by molar-refractivity contribution is 0.485. The van der Waals surface area contributed by atoms with Crippen LogP contribution in [0.4, 0.5) is 11.4 Å². The predicted molar refractivity (Wildman–Crippen MR) is 110 cm³/mol. The number of hydrogen-bond acceptors (Lipinski definition) is 4. The third-order valence-corrected chi connectivity index (χ3v) is 4.44. The van der Waals surface area contributed by atoms with Crippen LogP contribution in [0.15, 0.2) is 72.9 Å². The largest absolute Gasteiger partial charge is 0.455 e. The molecule has 0 aliphatic heterocycles. The summed E-state index contributed by atoms with van der Waals surface area (Å²) in [4.78, 5) is 8.99. The van der Waals surface area contributed by atoms with Crippen LogP contribution in [0.25, 0.3) is 11.0 Å². The minimum atomic E-state index is 0.627. The SMILES string of the molecule is CCc1ccc2c(Nc3cc(Cl)ccc3Oc3ccccc3)ccnc2n1. The van der Waals surface area contributed by atoms with Crippen LogP contribution in [-0.4, -0.2) is 9.97 Å². The molecule has 2 aromatic carbocycles. The third-order valence-electron chi connectivity index (χ3n) is 4.21. The van der Waals surface area contributed by atoms with E-state index in [1.165, 1.54) is 0 Å². The summed E-state index contributed by atoms with van der Waals surface area (Å²) in [6, 6.07) is 21.1. The molecule has 0 unspecified atom stereocenters. The van der Waals surface area contributed by atoms with E-state index in [0.29, 0.717) is 16.4 Å². The van der Waals surface area contributed by atoms with Crippen molar-refractivity contribution in [3.05, 3.63) is 83.6 Å². The summed E-state index contributed by atoms with van der Waals surface area (Å²) in [6.07, 6.45) is 2.62. The number of para-hydroxylation sites is 1. The maximum Gasteiger partial charge on any atom is 0.161 e. The summed E-state index contributed by atoms with van der Waals surface area (Å²) < 4.78 is 6.03. The Bertz CT molecular complexity index is 1080. The average Bonchev–Trinajstić information content (AvgIpc) is 2.70. The van der Waals surface area contributed by atoms with Crippen molar-refractivity contribution in [3.63, 3.8) is 0 Å². The van der Waals surface area contributed by atoms with Crippen molar-refractivity contribution in [1.82, 2.24) is 9.97 Å². The number of aromatic nitrogens is 2. The molecule has 0 saturated heterocycles. The van der Waals surface area contributed by atoms with Gasteiger partial charge >= 0.3 is 0 Å². The first kappa shape index (κ1) is 17.3. The Morgan fingerprint density at radius 2 is 1.81 bits per heavy atom. The normalized spacial score (nSPS) is 10.7. The van der Waals surface area contributed by atoms with Crippen LogP contribution in [0, 0.1) is 0 Å². The van der Waals surface area contributed by atoms with Gasteiger partial charge in [0, 0.05) is 22.3 Å². The van der Waals surface area contributed by atoms with E-state index in [-0.39, 0.29) is 0 Å². The number of benzene rings is 2. The molecule has 134 valence electrons. The van der Waals surface area contributed by atoms with Gasteiger partial charge in [0.2, 0.25) is 0 Å². The summed E-state index contributed by atoms with van der Waals surface area (Å²) in [5, 5.41) is 5.00. The second-order valence-corrected chi connectivity index (χ2v) is 6.50. The number of rotatable bonds is 5. The Kier molecular flexibility index (Phi) is 4.90. The molecule has 27 heavy (non-hydrogen) atoms. The molecule has 0 amide bonds. The molecule has 2 aromatic heterocycles. The topological polar surface area (TPSA) is 47.0 Å². The standard InChI is InChI=1S/C22H18ClN3O/c1-2-16-9-10-18-19(12-13-24-22(18)25-16)26-20-14-15(23)8-11-21(20)27-17-6-4-3-5-7-17/h3-14H,2H2,1H3,(H,24,25,26). The minimum absolute atomic E-state index is 0.627. The number of pyridine rings is 2. The van der Waals surface area contributed by atoms with Crippen molar-refractivity contribution in [2.45, 2.75) is 13.3 Å². The van der Waals surface area contributed by atoms with Gasteiger partial charge in [0.25, 0.3) is 0 Å². The van der Waals surface area contributed by atoms with Gasteiger partial charge in [0.05, 0.1) is 11.4 Å². The highest BCUT2D eigenvalue weighted by molar-refractivity contribution is 6.31. The summed E-state index contributed by atoms with van der Waals surface area (Å²) in [6.45, 7) is 2.08. The van der Waals surface area contributed by atoms with Crippen LogP contribution in [0.5, 0.6) is 11.5 Å². The molecular formula is C22H18ClN3O. The van der Waals surface area contributed by atoms with Crippen LogP contribution < -0.4 is 10.1 Å². The van der Waals surface area contributed by atoms with E-state index in [4.69, 9.17) is 16.3 Å². The van der Waals surface area contributed by atoms with Crippen molar-refractivity contribution >= 4 is 34.0 Å². The molecule has 0 bridgehead atoms. The van der Waals surface area contributed by atoms with Crippen molar-refractivity contribution in [2.75, 3.05) is 5.32 Å². The van der Waals surface area contributed by atoms with E-state index in [0.717, 1.165) is 34.6 Å². The van der Waals surface area contributed by atoms with E-state index >= 15 is 0 Å². The first-order chi connectivity index (χ1) is 13.2. The molecule has 0 saturated carbocycles. The summed E-state index contributed by atoms with van der Waals surface area (Å²) >= 11 is 6.22. The van der Waals surface area contributed by atoms with Gasteiger partial charge in [-0.2, -0.15) is 0 Å². The molecule has 4 rings (SSSR count). The number of ether oxygens (including phenoxy) is 1. The first-order valence-corrected chi connectivity index (χ1v) is 9.15. The van der Waals surface area contributed by atoms with Gasteiger partial charge in [-0.05, 0) is 55.0 Å². The highest BCUT2D eigenvalue weighted by Gasteiger charge is 2.10. The quantitative estimate of drug-likeness (QED) is 0.439. The lowest BCUT2D eigenvalue weighted by Gasteiger charge is -2.15. The molecule has 4 aromatic rings. The van der Waals surface area contributed by atoms with Gasteiger partial charge in [-0.3, -0.25) is 0 Å². The van der Waals surface area contributed by atoms with E-state index in [1.54, 1.807) is 6.20 Å². The lowest BCUT2D eigenvalue weighted by Crippen LogP contribution is -1.98. The molecule has 1 N–H and O–H groups in total. The zero-order valence-electron chi connectivity index (χ0n) is 14.8. The summed E-state index contributed by atoms with van der Waals surface area (Å²) in [5.74, 6) is 1.45. The van der Waals surface area contributed by atoms with Gasteiger partial charge in [-0.15, -0.1) is 0 Å². The number of nitrogens with one attached hydrogen (secondary N) is 1. The van der Waals surface area contributed by atoms with Crippen LogP contribution in [-0.2, 0) is 6.42 Å². The molecule has 2 heterocycles. The molecule has 0 aliphatic rings. The van der Waals surface area contributed by atoms with E-state index in [1.807, 2.05) is 66.7 Å². The summed E-state index contributed by atoms with van der Waals surface area (Å²) in [5.41, 5.74) is 3.41. The zero-order chi connectivity index (χ0) is 18.6. The predicted octanol–water partition coefficient (Wildman–Crippen LogP) is 6.38. The Balaban J connectivity index is 1.72. The maximum absolute atomic E-state index is 6.22. The molecule has 0 radical (unpaired) electrons. The smallest absolute Gasteiger partial charge is 0.161 e. The van der Waals surface area contributed by atoms with Crippen molar-refractivity contribution in [1.29, 1.82) is 0 Å². The first-order valence-electron chi connectivity index (χ1n) is 8.77. The second kappa shape index (κ2) is 7.64. The van der Waals surface area contributed by atoms with Gasteiger partial charge in [0.15, 0.2) is 11.4 Å². The van der Waals surface area contributed by atoms with Gasteiger partial charge in [0.1, 0.15) is 5.75 Å². The van der Waals surface area contributed by atoms with Crippen LogP contribution >= 0.6 is 11.6 Å². The van der Waals surface area contributed by atoms with Gasteiger partial charge in [-0.1, -0.05) is 36.7 Å². The molecular weight excluding hydrogens is 358 g/mol. The molecule has 5 heteroatoms. The molecule has 4 nitrogen and oxygen atoms in total. The van der Waals surface area contributed by atoms with Gasteiger partial charge in [-0.25, -0.2) is 9.97 Å². The minimum Gasteiger partial charge on any atom is -0.455 e.